The van der Waals surface area contributed by atoms with E-state index in [-0.39, 0.29) is 58.5 Å². The van der Waals surface area contributed by atoms with E-state index in [0.29, 0.717) is 13.1 Å². The monoisotopic (exact) mass is 461 g/mol. The molecule has 10 heteroatoms. The molecule has 1 heterocycles. The summed E-state index contributed by atoms with van der Waals surface area (Å²) in [7, 11) is -2.50. The second-order valence-corrected chi connectivity index (χ2v) is 9.43. The van der Waals surface area contributed by atoms with Gasteiger partial charge in [-0.05, 0) is 44.2 Å². The van der Waals surface area contributed by atoms with Gasteiger partial charge in [-0.1, -0.05) is 12.1 Å². The Kier molecular flexibility index (Phi) is 7.05. The molecule has 0 bridgehead atoms. The van der Waals surface area contributed by atoms with Crippen LogP contribution in [0.15, 0.2) is 47.4 Å². The van der Waals surface area contributed by atoms with Crippen molar-refractivity contribution < 1.29 is 27.9 Å². The second kappa shape index (κ2) is 9.58. The number of hydrogen-bond acceptors (Lipinski definition) is 6. The number of phenols is 1. The summed E-state index contributed by atoms with van der Waals surface area (Å²) in [5.41, 5.74) is 0.436. The fourth-order valence-corrected chi connectivity index (χ4v) is 4.96. The molecule has 2 amide bonds. The van der Waals surface area contributed by atoms with Gasteiger partial charge in [0.1, 0.15) is 16.4 Å². The summed E-state index contributed by atoms with van der Waals surface area (Å²) in [5.74, 6) is -0.568. The molecule has 172 valence electrons. The Morgan fingerprint density at radius 1 is 1.00 bits per heavy atom. The Morgan fingerprint density at radius 3 is 2.16 bits per heavy atom. The quantitative estimate of drug-likeness (QED) is 0.676. The number of benzene rings is 2. The summed E-state index contributed by atoms with van der Waals surface area (Å²) < 4.78 is 33.0. The Labute approximate surface area is 187 Å². The van der Waals surface area contributed by atoms with Gasteiger partial charge >= 0.3 is 0 Å². The number of piperazine rings is 1. The zero-order valence-electron chi connectivity index (χ0n) is 18.2. The third-order valence-corrected chi connectivity index (χ3v) is 6.76. The molecular formula is C22H27N3O6S. The lowest BCUT2D eigenvalue weighted by Gasteiger charge is -2.35. The minimum atomic E-state index is -3.87. The highest BCUT2D eigenvalue weighted by molar-refractivity contribution is 7.89. The van der Waals surface area contributed by atoms with Crippen molar-refractivity contribution in [1.82, 2.24) is 14.5 Å². The minimum absolute atomic E-state index is 0.0852. The summed E-state index contributed by atoms with van der Waals surface area (Å²) in [4.78, 5) is 28.7. The van der Waals surface area contributed by atoms with Crippen molar-refractivity contribution in [2.24, 2.45) is 0 Å². The Morgan fingerprint density at radius 2 is 1.59 bits per heavy atom. The standard InChI is InChI=1S/C22H27N3O6S/c1-15(2)23-32(29,30)20-14-16(8-9-19(20)31-3)21(27)24-10-12-25(13-11-24)22(28)17-6-4-5-7-18(17)26/h4-9,14-15,23,26H,10-13H2,1-3H3. The van der Waals surface area contributed by atoms with Gasteiger partial charge in [-0.2, -0.15) is 0 Å². The van der Waals surface area contributed by atoms with Crippen LogP contribution in [-0.4, -0.2) is 74.5 Å². The van der Waals surface area contributed by atoms with Crippen LogP contribution in [0.1, 0.15) is 34.6 Å². The number of carbonyl (C=O) groups excluding carboxylic acids is 2. The van der Waals surface area contributed by atoms with Crippen LogP contribution >= 0.6 is 0 Å². The molecule has 32 heavy (non-hydrogen) atoms. The van der Waals surface area contributed by atoms with Crippen molar-refractivity contribution in [1.29, 1.82) is 0 Å². The number of methoxy groups -OCH3 is 1. The number of phenolic OH excluding ortho intramolecular Hbond substituents is 1. The highest BCUT2D eigenvalue weighted by Crippen LogP contribution is 2.26. The van der Waals surface area contributed by atoms with Crippen LogP contribution in [0.2, 0.25) is 0 Å². The van der Waals surface area contributed by atoms with Gasteiger partial charge < -0.3 is 19.6 Å². The number of rotatable bonds is 6. The molecule has 1 fully saturated rings. The van der Waals surface area contributed by atoms with Crippen molar-refractivity contribution >= 4 is 21.8 Å². The Balaban J connectivity index is 1.74. The fourth-order valence-electron chi connectivity index (χ4n) is 3.51. The highest BCUT2D eigenvalue weighted by Gasteiger charge is 2.28. The third-order valence-electron chi connectivity index (χ3n) is 5.08. The van der Waals surface area contributed by atoms with Crippen LogP contribution in [0.4, 0.5) is 0 Å². The lowest BCUT2D eigenvalue weighted by atomic mass is 10.1. The number of nitrogens with zero attached hydrogens (tertiary/aromatic N) is 2. The average molecular weight is 462 g/mol. The van der Waals surface area contributed by atoms with Crippen LogP contribution in [-0.2, 0) is 10.0 Å². The summed E-state index contributed by atoms with van der Waals surface area (Å²) in [6.07, 6.45) is 0. The molecular weight excluding hydrogens is 434 g/mol. The third kappa shape index (κ3) is 5.03. The SMILES string of the molecule is COc1ccc(C(=O)N2CCN(C(=O)c3ccccc3O)CC2)cc1S(=O)(=O)NC(C)C. The van der Waals surface area contributed by atoms with E-state index in [0.717, 1.165) is 0 Å². The zero-order chi connectivity index (χ0) is 23.5. The topological polar surface area (TPSA) is 116 Å². The van der Waals surface area contributed by atoms with E-state index in [2.05, 4.69) is 4.72 Å². The molecule has 1 saturated heterocycles. The summed E-state index contributed by atoms with van der Waals surface area (Å²) in [6.45, 7) is 4.58. The minimum Gasteiger partial charge on any atom is -0.507 e. The first kappa shape index (κ1) is 23.6. The van der Waals surface area contributed by atoms with E-state index in [1.807, 2.05) is 0 Å². The van der Waals surface area contributed by atoms with Gasteiger partial charge in [-0.3, -0.25) is 9.59 Å². The number of para-hydroxylation sites is 1. The molecule has 2 aromatic carbocycles. The van der Waals surface area contributed by atoms with Gasteiger partial charge in [-0.25, -0.2) is 13.1 Å². The fraction of sp³-hybridized carbons (Fsp3) is 0.364. The maximum atomic E-state index is 13.0. The molecule has 2 N–H and O–H groups in total. The van der Waals surface area contributed by atoms with Gasteiger partial charge in [0.2, 0.25) is 10.0 Å². The second-order valence-electron chi connectivity index (χ2n) is 7.74. The normalized spacial score (nSPS) is 14.5. The maximum Gasteiger partial charge on any atom is 0.257 e. The molecule has 0 radical (unpaired) electrons. The van der Waals surface area contributed by atoms with Gasteiger partial charge in [0.05, 0.1) is 12.7 Å². The molecule has 0 aromatic heterocycles. The van der Waals surface area contributed by atoms with Crippen molar-refractivity contribution in [3.05, 3.63) is 53.6 Å². The lowest BCUT2D eigenvalue weighted by molar-refractivity contribution is 0.0533. The molecule has 2 aromatic rings. The maximum absolute atomic E-state index is 13.0. The largest absolute Gasteiger partial charge is 0.507 e. The van der Waals surface area contributed by atoms with Crippen LogP contribution in [0.5, 0.6) is 11.5 Å². The van der Waals surface area contributed by atoms with Gasteiger partial charge in [-0.15, -0.1) is 0 Å². The van der Waals surface area contributed by atoms with Gasteiger partial charge in [0.15, 0.2) is 0 Å². The van der Waals surface area contributed by atoms with E-state index in [4.69, 9.17) is 4.74 Å². The molecule has 1 aliphatic heterocycles. The molecule has 9 nitrogen and oxygen atoms in total. The van der Waals surface area contributed by atoms with Gasteiger partial charge in [0.25, 0.3) is 11.8 Å². The van der Waals surface area contributed by atoms with Gasteiger partial charge in [0, 0.05) is 37.8 Å². The zero-order valence-corrected chi connectivity index (χ0v) is 19.1. The predicted molar refractivity (Wildman–Crippen MR) is 118 cm³/mol. The van der Waals surface area contributed by atoms with Crippen LogP contribution in [0.3, 0.4) is 0 Å². The number of nitrogens with one attached hydrogen (secondary N) is 1. The van der Waals surface area contributed by atoms with Crippen molar-refractivity contribution in [2.75, 3.05) is 33.3 Å². The molecule has 0 unspecified atom stereocenters. The van der Waals surface area contributed by atoms with Crippen molar-refractivity contribution in [3.63, 3.8) is 0 Å². The smallest absolute Gasteiger partial charge is 0.257 e. The molecule has 1 aliphatic rings. The number of sulfonamides is 1. The number of aromatic hydroxyl groups is 1. The van der Waals surface area contributed by atoms with E-state index < -0.39 is 10.0 Å². The van der Waals surface area contributed by atoms with E-state index in [9.17, 15) is 23.1 Å². The number of ether oxygens (including phenoxy) is 1. The summed E-state index contributed by atoms with van der Waals surface area (Å²) in [5, 5.41) is 9.91. The molecule has 0 spiro atoms. The number of hydrogen-bond donors (Lipinski definition) is 2. The molecule has 3 rings (SSSR count). The highest BCUT2D eigenvalue weighted by atomic mass is 32.2. The molecule has 0 aliphatic carbocycles. The first-order chi connectivity index (χ1) is 15.1. The van der Waals surface area contributed by atoms with Crippen LogP contribution in [0.25, 0.3) is 0 Å². The first-order valence-corrected chi connectivity index (χ1v) is 11.7. The predicted octanol–water partition coefficient (Wildman–Crippen LogP) is 1.69. The average Bonchev–Trinajstić information content (AvgIpc) is 2.77. The first-order valence-electron chi connectivity index (χ1n) is 10.2. The number of amides is 2. The summed E-state index contributed by atoms with van der Waals surface area (Å²) in [6, 6.07) is 10.3. The van der Waals surface area contributed by atoms with Crippen molar-refractivity contribution in [3.8, 4) is 11.5 Å². The van der Waals surface area contributed by atoms with Crippen molar-refractivity contribution in [2.45, 2.75) is 24.8 Å². The molecule has 0 atom stereocenters. The Bertz CT molecular complexity index is 1110. The molecule has 0 saturated carbocycles. The van der Waals surface area contributed by atoms with Crippen LogP contribution < -0.4 is 9.46 Å². The summed E-state index contributed by atoms with van der Waals surface area (Å²) >= 11 is 0. The van der Waals surface area contributed by atoms with E-state index in [1.54, 1.807) is 41.8 Å². The van der Waals surface area contributed by atoms with Crippen LogP contribution in [0, 0.1) is 0 Å². The Hall–Kier alpha value is -3.11. The van der Waals surface area contributed by atoms with E-state index in [1.165, 1.54) is 31.4 Å². The number of carbonyl (C=O) groups is 2. The van der Waals surface area contributed by atoms with E-state index >= 15 is 0 Å². The lowest BCUT2D eigenvalue weighted by Crippen LogP contribution is -2.50.